The molecule has 0 radical (unpaired) electrons. The number of aliphatic hydroxyl groups excluding tert-OH is 1. The van der Waals surface area contributed by atoms with Crippen molar-refractivity contribution in [3.8, 4) is 11.3 Å². The van der Waals surface area contributed by atoms with Crippen molar-refractivity contribution in [2.45, 2.75) is 25.1 Å². The lowest BCUT2D eigenvalue weighted by Gasteiger charge is -2.34. The summed E-state index contributed by atoms with van der Waals surface area (Å²) in [6, 6.07) is 10.5. The summed E-state index contributed by atoms with van der Waals surface area (Å²) in [5, 5.41) is 15.1. The Morgan fingerprint density at radius 1 is 1.18 bits per heavy atom. The zero-order valence-electron chi connectivity index (χ0n) is 12.0. The van der Waals surface area contributed by atoms with Crippen LogP contribution in [-0.4, -0.2) is 24.4 Å². The van der Waals surface area contributed by atoms with Gasteiger partial charge in [0.2, 0.25) is 0 Å². The molecule has 0 aliphatic carbocycles. The van der Waals surface area contributed by atoms with E-state index in [0.29, 0.717) is 0 Å². The second-order valence-electron chi connectivity index (χ2n) is 6.09. The first-order valence-electron chi connectivity index (χ1n) is 7.65. The molecule has 0 bridgehead atoms. The maximum absolute atomic E-state index is 10.9. The predicted octanol–water partition coefficient (Wildman–Crippen LogP) is 2.40. The summed E-state index contributed by atoms with van der Waals surface area (Å²) in [5.41, 5.74) is 4.59. The third kappa shape index (κ3) is 1.46. The molecule has 4 heterocycles. The number of benzene rings is 1. The zero-order valence-corrected chi connectivity index (χ0v) is 12.0. The van der Waals surface area contributed by atoms with Crippen LogP contribution in [0.5, 0.6) is 0 Å². The SMILES string of the molecule is O[C@@H]1c2ccnn2CC[C@H]1C1c2ccccc2-c2cncn21. The van der Waals surface area contributed by atoms with Crippen LogP contribution in [0.1, 0.15) is 29.8 Å². The molecule has 2 aliphatic heterocycles. The largest absolute Gasteiger partial charge is 0.386 e. The Bertz CT molecular complexity index is 850. The van der Waals surface area contributed by atoms with Crippen LogP contribution >= 0.6 is 0 Å². The van der Waals surface area contributed by atoms with E-state index in [0.717, 1.165) is 24.4 Å². The molecule has 110 valence electrons. The third-order valence-corrected chi connectivity index (χ3v) is 5.06. The van der Waals surface area contributed by atoms with E-state index in [1.165, 1.54) is 11.1 Å². The summed E-state index contributed by atoms with van der Waals surface area (Å²) >= 11 is 0. The van der Waals surface area contributed by atoms with Gasteiger partial charge in [0.15, 0.2) is 0 Å². The van der Waals surface area contributed by atoms with Gasteiger partial charge in [0.05, 0.1) is 30.0 Å². The molecule has 5 rings (SSSR count). The minimum Gasteiger partial charge on any atom is -0.386 e. The van der Waals surface area contributed by atoms with Gasteiger partial charge in [0.25, 0.3) is 0 Å². The quantitative estimate of drug-likeness (QED) is 0.749. The molecule has 0 saturated heterocycles. The smallest absolute Gasteiger partial charge is 0.101 e. The number of aryl methyl sites for hydroxylation is 1. The van der Waals surface area contributed by atoms with Crippen LogP contribution in [0.2, 0.25) is 0 Å². The van der Waals surface area contributed by atoms with Gasteiger partial charge < -0.3 is 9.67 Å². The van der Waals surface area contributed by atoms with Crippen LogP contribution in [0.15, 0.2) is 49.1 Å². The van der Waals surface area contributed by atoms with Gasteiger partial charge in [-0.25, -0.2) is 4.98 Å². The normalized spacial score (nSPS) is 25.6. The van der Waals surface area contributed by atoms with Crippen molar-refractivity contribution >= 4 is 0 Å². The number of fused-ring (bicyclic) bond motifs is 4. The van der Waals surface area contributed by atoms with Crippen molar-refractivity contribution in [2.24, 2.45) is 5.92 Å². The monoisotopic (exact) mass is 292 g/mol. The number of hydrogen-bond donors (Lipinski definition) is 1. The molecule has 5 nitrogen and oxygen atoms in total. The summed E-state index contributed by atoms with van der Waals surface area (Å²) in [4.78, 5) is 4.31. The van der Waals surface area contributed by atoms with E-state index in [1.54, 1.807) is 6.20 Å². The molecular formula is C17H16N4O. The van der Waals surface area contributed by atoms with Crippen molar-refractivity contribution in [2.75, 3.05) is 0 Å². The van der Waals surface area contributed by atoms with Crippen LogP contribution in [-0.2, 0) is 6.54 Å². The average Bonchev–Trinajstić information content (AvgIpc) is 3.23. The molecule has 1 aromatic carbocycles. The van der Waals surface area contributed by atoms with Gasteiger partial charge in [-0.2, -0.15) is 5.10 Å². The summed E-state index contributed by atoms with van der Waals surface area (Å²) in [6.45, 7) is 0.854. The van der Waals surface area contributed by atoms with Crippen LogP contribution in [0.4, 0.5) is 0 Å². The minimum absolute atomic E-state index is 0.140. The van der Waals surface area contributed by atoms with Crippen LogP contribution < -0.4 is 0 Å². The molecule has 1 unspecified atom stereocenters. The Balaban J connectivity index is 1.65. The molecule has 0 amide bonds. The van der Waals surface area contributed by atoms with Crippen molar-refractivity contribution < 1.29 is 5.11 Å². The van der Waals surface area contributed by atoms with Gasteiger partial charge in [0, 0.05) is 24.2 Å². The maximum atomic E-state index is 10.9. The number of hydrogen-bond acceptors (Lipinski definition) is 3. The lowest BCUT2D eigenvalue weighted by atomic mass is 9.83. The lowest BCUT2D eigenvalue weighted by Crippen LogP contribution is -2.31. The van der Waals surface area contributed by atoms with Gasteiger partial charge in [0.1, 0.15) is 6.10 Å². The van der Waals surface area contributed by atoms with Gasteiger partial charge >= 0.3 is 0 Å². The fourth-order valence-corrected chi connectivity index (χ4v) is 4.07. The first-order valence-corrected chi connectivity index (χ1v) is 7.65. The molecule has 5 heteroatoms. The van der Waals surface area contributed by atoms with E-state index in [9.17, 15) is 5.11 Å². The summed E-state index contributed by atoms with van der Waals surface area (Å²) < 4.78 is 4.13. The van der Waals surface area contributed by atoms with E-state index < -0.39 is 6.10 Å². The molecule has 0 spiro atoms. The van der Waals surface area contributed by atoms with Crippen LogP contribution in [0, 0.1) is 5.92 Å². The molecule has 3 atom stereocenters. The van der Waals surface area contributed by atoms with Crippen LogP contribution in [0.25, 0.3) is 11.3 Å². The highest BCUT2D eigenvalue weighted by atomic mass is 16.3. The Morgan fingerprint density at radius 2 is 2.09 bits per heavy atom. The number of rotatable bonds is 1. The van der Waals surface area contributed by atoms with E-state index in [1.807, 2.05) is 23.3 Å². The highest BCUT2D eigenvalue weighted by Gasteiger charge is 2.40. The van der Waals surface area contributed by atoms with Crippen molar-refractivity contribution in [3.63, 3.8) is 0 Å². The van der Waals surface area contributed by atoms with Crippen molar-refractivity contribution in [1.82, 2.24) is 19.3 Å². The summed E-state index contributed by atoms with van der Waals surface area (Å²) in [7, 11) is 0. The summed E-state index contributed by atoms with van der Waals surface area (Å²) in [6.07, 6.45) is 5.98. The molecule has 0 fully saturated rings. The number of nitrogens with zero attached hydrogens (tertiary/aromatic N) is 4. The molecule has 0 saturated carbocycles. The Kier molecular flexibility index (Phi) is 2.38. The number of aromatic nitrogens is 4. The highest BCUT2D eigenvalue weighted by Crippen LogP contribution is 2.48. The van der Waals surface area contributed by atoms with Crippen LogP contribution in [0.3, 0.4) is 0 Å². The van der Waals surface area contributed by atoms with Gasteiger partial charge in [-0.1, -0.05) is 24.3 Å². The van der Waals surface area contributed by atoms with E-state index in [-0.39, 0.29) is 12.0 Å². The second-order valence-corrected chi connectivity index (χ2v) is 6.09. The Hall–Kier alpha value is -2.40. The number of imidazole rings is 1. The molecule has 2 aliphatic rings. The highest BCUT2D eigenvalue weighted by molar-refractivity contribution is 5.69. The van der Waals surface area contributed by atoms with Crippen molar-refractivity contribution in [3.05, 3.63) is 60.3 Å². The molecule has 22 heavy (non-hydrogen) atoms. The Labute approximate surface area is 127 Å². The molecule has 3 aromatic rings. The van der Waals surface area contributed by atoms with Crippen molar-refractivity contribution in [1.29, 1.82) is 0 Å². The fraction of sp³-hybridized carbons (Fsp3) is 0.294. The minimum atomic E-state index is -0.498. The topological polar surface area (TPSA) is 55.9 Å². The third-order valence-electron chi connectivity index (χ3n) is 5.06. The van der Waals surface area contributed by atoms with Gasteiger partial charge in [-0.15, -0.1) is 0 Å². The maximum Gasteiger partial charge on any atom is 0.101 e. The first kappa shape index (κ1) is 12.2. The molecular weight excluding hydrogens is 276 g/mol. The predicted molar refractivity (Wildman–Crippen MR) is 81.1 cm³/mol. The van der Waals surface area contributed by atoms with Gasteiger partial charge in [-0.3, -0.25) is 4.68 Å². The van der Waals surface area contributed by atoms with Gasteiger partial charge in [-0.05, 0) is 18.1 Å². The van der Waals surface area contributed by atoms with E-state index >= 15 is 0 Å². The number of aliphatic hydroxyl groups is 1. The average molecular weight is 292 g/mol. The van der Waals surface area contributed by atoms with E-state index in [4.69, 9.17) is 0 Å². The fourth-order valence-electron chi connectivity index (χ4n) is 4.07. The lowest BCUT2D eigenvalue weighted by molar-refractivity contribution is 0.0525. The zero-order chi connectivity index (χ0) is 14.7. The second kappa shape index (κ2) is 4.30. The molecule has 2 aromatic heterocycles. The Morgan fingerprint density at radius 3 is 3.05 bits per heavy atom. The summed E-state index contributed by atoms with van der Waals surface area (Å²) in [5.74, 6) is 0.140. The molecule has 1 N–H and O–H groups in total. The standard InChI is InChI=1S/C17H16N4O/c22-17-13(6-8-21-14(17)5-7-19-21)16-12-4-2-1-3-11(12)15-9-18-10-20(15)16/h1-5,7,9-10,13,16-17,22H,6,8H2/t13-,16?,17-/m0/s1. The van der Waals surface area contributed by atoms with E-state index in [2.05, 4.69) is 38.9 Å². The first-order chi connectivity index (χ1) is 10.8.